The van der Waals surface area contributed by atoms with E-state index in [0.717, 1.165) is 11.3 Å². The Labute approximate surface area is 117 Å². The minimum atomic E-state index is 0.391. The molecule has 0 amide bonds. The Morgan fingerprint density at radius 3 is 3.11 bits per heavy atom. The maximum atomic E-state index is 9.01. The molecule has 0 aliphatic heterocycles. The molecule has 0 saturated heterocycles. The SMILES string of the molecule is Cc1ccc(C#N)cc1NC1CCCc2sccc21. The Hall–Kier alpha value is -1.79. The van der Waals surface area contributed by atoms with Gasteiger partial charge in [0.2, 0.25) is 0 Å². The van der Waals surface area contributed by atoms with E-state index in [-0.39, 0.29) is 0 Å². The van der Waals surface area contributed by atoms with Crippen LogP contribution < -0.4 is 5.32 Å². The zero-order chi connectivity index (χ0) is 13.2. The number of nitriles is 1. The number of aryl methyl sites for hydroxylation is 2. The van der Waals surface area contributed by atoms with E-state index < -0.39 is 0 Å². The van der Waals surface area contributed by atoms with Gasteiger partial charge in [0, 0.05) is 10.6 Å². The lowest BCUT2D eigenvalue weighted by Gasteiger charge is -2.25. The van der Waals surface area contributed by atoms with E-state index in [1.165, 1.54) is 35.3 Å². The van der Waals surface area contributed by atoms with Crippen LogP contribution in [0.3, 0.4) is 0 Å². The molecule has 3 rings (SSSR count). The summed E-state index contributed by atoms with van der Waals surface area (Å²) in [4.78, 5) is 1.51. The van der Waals surface area contributed by atoms with Gasteiger partial charge in [-0.1, -0.05) is 6.07 Å². The molecule has 2 nitrogen and oxygen atoms in total. The van der Waals surface area contributed by atoms with Crippen LogP contribution in [0.1, 0.15) is 40.5 Å². The summed E-state index contributed by atoms with van der Waals surface area (Å²) in [5.41, 5.74) is 4.44. The molecule has 96 valence electrons. The summed E-state index contributed by atoms with van der Waals surface area (Å²) < 4.78 is 0. The Bertz CT molecular complexity index is 636. The van der Waals surface area contributed by atoms with Gasteiger partial charge in [0.15, 0.2) is 0 Å². The van der Waals surface area contributed by atoms with Gasteiger partial charge in [0.05, 0.1) is 17.7 Å². The molecule has 1 aromatic heterocycles. The average molecular weight is 268 g/mol. The molecule has 0 bridgehead atoms. The van der Waals surface area contributed by atoms with Gasteiger partial charge in [-0.05, 0) is 60.9 Å². The summed E-state index contributed by atoms with van der Waals surface area (Å²) >= 11 is 1.86. The van der Waals surface area contributed by atoms with Crippen molar-refractivity contribution in [2.24, 2.45) is 0 Å². The third-order valence-corrected chi connectivity index (χ3v) is 4.74. The lowest BCUT2D eigenvalue weighted by Crippen LogP contribution is -2.16. The third kappa shape index (κ3) is 2.36. The lowest BCUT2D eigenvalue weighted by molar-refractivity contribution is 0.608. The van der Waals surface area contributed by atoms with Crippen LogP contribution in [0.4, 0.5) is 5.69 Å². The van der Waals surface area contributed by atoms with Gasteiger partial charge in [-0.15, -0.1) is 11.3 Å². The highest BCUT2D eigenvalue weighted by atomic mass is 32.1. The van der Waals surface area contributed by atoms with Crippen LogP contribution in [0, 0.1) is 18.3 Å². The highest BCUT2D eigenvalue weighted by Crippen LogP contribution is 2.36. The van der Waals surface area contributed by atoms with Crippen molar-refractivity contribution in [3.05, 3.63) is 51.2 Å². The maximum Gasteiger partial charge on any atom is 0.0992 e. The van der Waals surface area contributed by atoms with E-state index in [4.69, 9.17) is 5.26 Å². The number of fused-ring (bicyclic) bond motifs is 1. The molecule has 0 fully saturated rings. The molecule has 0 saturated carbocycles. The van der Waals surface area contributed by atoms with Crippen LogP contribution in [0.25, 0.3) is 0 Å². The fourth-order valence-corrected chi connectivity index (χ4v) is 3.66. The summed E-state index contributed by atoms with van der Waals surface area (Å²) in [6.45, 7) is 2.08. The Morgan fingerprint density at radius 2 is 2.26 bits per heavy atom. The molecule has 1 heterocycles. The van der Waals surface area contributed by atoms with Crippen LogP contribution in [-0.2, 0) is 6.42 Å². The molecule has 1 N–H and O–H groups in total. The van der Waals surface area contributed by atoms with E-state index in [9.17, 15) is 0 Å². The molecule has 2 aromatic rings. The van der Waals surface area contributed by atoms with Gasteiger partial charge in [0.1, 0.15) is 0 Å². The van der Waals surface area contributed by atoms with Crippen molar-refractivity contribution >= 4 is 17.0 Å². The summed E-state index contributed by atoms with van der Waals surface area (Å²) in [6, 6.07) is 10.7. The number of benzene rings is 1. The minimum Gasteiger partial charge on any atom is -0.378 e. The topological polar surface area (TPSA) is 35.8 Å². The number of hydrogen-bond acceptors (Lipinski definition) is 3. The second-order valence-corrected chi connectivity index (χ2v) is 6.03. The van der Waals surface area contributed by atoms with Crippen molar-refractivity contribution in [1.29, 1.82) is 5.26 Å². The number of anilines is 1. The Kier molecular flexibility index (Phi) is 3.27. The second kappa shape index (κ2) is 5.07. The van der Waals surface area contributed by atoms with Crippen molar-refractivity contribution < 1.29 is 0 Å². The van der Waals surface area contributed by atoms with Crippen LogP contribution in [0.5, 0.6) is 0 Å². The fourth-order valence-electron chi connectivity index (χ4n) is 2.67. The molecule has 3 heteroatoms. The number of rotatable bonds is 2. The second-order valence-electron chi connectivity index (χ2n) is 5.03. The largest absolute Gasteiger partial charge is 0.378 e. The number of nitrogens with one attached hydrogen (secondary N) is 1. The zero-order valence-electron chi connectivity index (χ0n) is 10.9. The molecular weight excluding hydrogens is 252 g/mol. The maximum absolute atomic E-state index is 9.01. The fraction of sp³-hybridized carbons (Fsp3) is 0.312. The molecule has 1 aliphatic rings. The molecule has 0 radical (unpaired) electrons. The first-order valence-corrected chi connectivity index (χ1v) is 7.49. The highest BCUT2D eigenvalue weighted by Gasteiger charge is 2.21. The first-order valence-electron chi connectivity index (χ1n) is 6.61. The van der Waals surface area contributed by atoms with Crippen molar-refractivity contribution in [2.45, 2.75) is 32.2 Å². The van der Waals surface area contributed by atoms with Gasteiger partial charge < -0.3 is 5.32 Å². The van der Waals surface area contributed by atoms with Crippen LogP contribution in [0.2, 0.25) is 0 Å². The smallest absolute Gasteiger partial charge is 0.0992 e. The van der Waals surface area contributed by atoms with E-state index >= 15 is 0 Å². The minimum absolute atomic E-state index is 0.391. The van der Waals surface area contributed by atoms with Gasteiger partial charge >= 0.3 is 0 Å². The normalized spacial score (nSPS) is 17.6. The number of nitrogens with zero attached hydrogens (tertiary/aromatic N) is 1. The summed E-state index contributed by atoms with van der Waals surface area (Å²) in [5.74, 6) is 0. The van der Waals surface area contributed by atoms with Gasteiger partial charge in [-0.2, -0.15) is 5.26 Å². The average Bonchev–Trinajstić information content (AvgIpc) is 2.90. The molecule has 19 heavy (non-hydrogen) atoms. The first kappa shape index (κ1) is 12.3. The monoisotopic (exact) mass is 268 g/mol. The highest BCUT2D eigenvalue weighted by molar-refractivity contribution is 7.10. The van der Waals surface area contributed by atoms with E-state index in [2.05, 4.69) is 29.8 Å². The zero-order valence-corrected chi connectivity index (χ0v) is 11.8. The van der Waals surface area contributed by atoms with Gasteiger partial charge in [0.25, 0.3) is 0 Å². The van der Waals surface area contributed by atoms with E-state index in [0.29, 0.717) is 6.04 Å². The van der Waals surface area contributed by atoms with E-state index in [1.807, 2.05) is 29.5 Å². The first-order chi connectivity index (χ1) is 9.28. The quantitative estimate of drug-likeness (QED) is 0.875. The number of thiophene rings is 1. The summed E-state index contributed by atoms with van der Waals surface area (Å²) in [7, 11) is 0. The van der Waals surface area contributed by atoms with Crippen molar-refractivity contribution in [2.75, 3.05) is 5.32 Å². The third-order valence-electron chi connectivity index (χ3n) is 3.75. The molecule has 1 atom stereocenters. The molecule has 1 aromatic carbocycles. The molecule has 1 aliphatic carbocycles. The number of hydrogen-bond donors (Lipinski definition) is 1. The van der Waals surface area contributed by atoms with Crippen molar-refractivity contribution in [3.63, 3.8) is 0 Å². The van der Waals surface area contributed by atoms with Crippen molar-refractivity contribution in [1.82, 2.24) is 0 Å². The van der Waals surface area contributed by atoms with Crippen LogP contribution in [0.15, 0.2) is 29.6 Å². The van der Waals surface area contributed by atoms with Crippen LogP contribution >= 0.6 is 11.3 Å². The van der Waals surface area contributed by atoms with E-state index in [1.54, 1.807) is 0 Å². The van der Waals surface area contributed by atoms with Crippen molar-refractivity contribution in [3.8, 4) is 6.07 Å². The molecular formula is C16H16N2S. The Balaban J connectivity index is 1.89. The molecule has 1 unspecified atom stereocenters. The van der Waals surface area contributed by atoms with Gasteiger partial charge in [-0.3, -0.25) is 0 Å². The summed E-state index contributed by atoms with van der Waals surface area (Å²) in [5, 5.41) is 14.8. The van der Waals surface area contributed by atoms with Crippen LogP contribution in [-0.4, -0.2) is 0 Å². The standard InChI is InChI=1S/C16H16N2S/c1-11-5-6-12(10-17)9-15(11)18-14-3-2-4-16-13(14)7-8-19-16/h5-9,14,18H,2-4H2,1H3. The summed E-state index contributed by atoms with van der Waals surface area (Å²) in [6.07, 6.45) is 3.62. The molecule has 0 spiro atoms. The predicted octanol–water partition coefficient (Wildman–Crippen LogP) is 4.42. The Morgan fingerprint density at radius 1 is 1.37 bits per heavy atom. The lowest BCUT2D eigenvalue weighted by atomic mass is 9.93. The predicted molar refractivity (Wildman–Crippen MR) is 79.5 cm³/mol. The van der Waals surface area contributed by atoms with Gasteiger partial charge in [-0.25, -0.2) is 0 Å².